The van der Waals surface area contributed by atoms with E-state index in [1.807, 2.05) is 0 Å². The van der Waals surface area contributed by atoms with Gasteiger partial charge in [0.15, 0.2) is 0 Å². The summed E-state index contributed by atoms with van der Waals surface area (Å²) in [4.78, 5) is 11.9. The van der Waals surface area contributed by atoms with Crippen LogP contribution in [0.25, 0.3) is 0 Å². The van der Waals surface area contributed by atoms with Gasteiger partial charge in [-0.15, -0.1) is 0 Å². The van der Waals surface area contributed by atoms with Gasteiger partial charge in [-0.25, -0.2) is 0 Å². The zero-order valence-corrected chi connectivity index (χ0v) is 11.2. The highest BCUT2D eigenvalue weighted by Gasteiger charge is 2.29. The van der Waals surface area contributed by atoms with Crippen LogP contribution in [0.3, 0.4) is 0 Å². The number of hydrogen-bond donors (Lipinski definition) is 0. The van der Waals surface area contributed by atoms with Crippen molar-refractivity contribution in [2.45, 2.75) is 73.1 Å². The summed E-state index contributed by atoms with van der Waals surface area (Å²) >= 11 is 0. The standard InChI is InChI=1S/C14H28O/c1-6-7-8-9-10-11-13(15)14(4,5)12(2)3/h12H,6-11H2,1-5H3. The van der Waals surface area contributed by atoms with Crippen LogP contribution >= 0.6 is 0 Å². The minimum atomic E-state index is -0.134. The molecule has 0 radical (unpaired) electrons. The Labute approximate surface area is 95.6 Å². The summed E-state index contributed by atoms with van der Waals surface area (Å²) in [5.74, 6) is 0.884. The van der Waals surface area contributed by atoms with E-state index in [9.17, 15) is 4.79 Å². The average Bonchev–Trinajstić information content (AvgIpc) is 2.16. The monoisotopic (exact) mass is 212 g/mol. The number of unbranched alkanes of at least 4 members (excludes halogenated alkanes) is 4. The van der Waals surface area contributed by atoms with Gasteiger partial charge in [-0.2, -0.15) is 0 Å². The molecular weight excluding hydrogens is 184 g/mol. The second kappa shape index (κ2) is 7.03. The molecule has 0 aromatic carbocycles. The van der Waals surface area contributed by atoms with Gasteiger partial charge in [-0.3, -0.25) is 4.79 Å². The van der Waals surface area contributed by atoms with E-state index in [1.54, 1.807) is 0 Å². The van der Waals surface area contributed by atoms with E-state index in [2.05, 4.69) is 34.6 Å². The van der Waals surface area contributed by atoms with Crippen LogP contribution in [0.5, 0.6) is 0 Å². The van der Waals surface area contributed by atoms with E-state index in [-0.39, 0.29) is 5.41 Å². The van der Waals surface area contributed by atoms with Gasteiger partial charge < -0.3 is 0 Å². The highest BCUT2D eigenvalue weighted by Crippen LogP contribution is 2.29. The van der Waals surface area contributed by atoms with Crippen molar-refractivity contribution in [2.24, 2.45) is 11.3 Å². The quantitative estimate of drug-likeness (QED) is 0.537. The second-order valence-corrected chi connectivity index (χ2v) is 5.46. The molecule has 0 rings (SSSR count). The molecule has 0 aliphatic heterocycles. The molecule has 0 aliphatic carbocycles. The van der Waals surface area contributed by atoms with Crippen LogP contribution in [-0.4, -0.2) is 5.78 Å². The molecule has 0 bridgehead atoms. The van der Waals surface area contributed by atoms with Crippen LogP contribution < -0.4 is 0 Å². The first kappa shape index (κ1) is 14.7. The summed E-state index contributed by atoms with van der Waals surface area (Å²) in [6.07, 6.45) is 6.93. The van der Waals surface area contributed by atoms with Crippen molar-refractivity contribution in [3.8, 4) is 0 Å². The number of rotatable bonds is 8. The topological polar surface area (TPSA) is 17.1 Å². The number of carbonyl (C=O) groups excluding carboxylic acids is 1. The lowest BCUT2D eigenvalue weighted by Crippen LogP contribution is -2.29. The molecule has 0 saturated heterocycles. The Morgan fingerprint density at radius 1 is 1.07 bits per heavy atom. The zero-order valence-electron chi connectivity index (χ0n) is 11.2. The third-order valence-electron chi connectivity index (χ3n) is 3.67. The Bertz CT molecular complexity index is 180. The molecule has 0 spiro atoms. The molecule has 0 aromatic heterocycles. The van der Waals surface area contributed by atoms with Gasteiger partial charge in [0.25, 0.3) is 0 Å². The molecule has 15 heavy (non-hydrogen) atoms. The van der Waals surface area contributed by atoms with Crippen molar-refractivity contribution in [3.63, 3.8) is 0 Å². The van der Waals surface area contributed by atoms with Gasteiger partial charge in [0.2, 0.25) is 0 Å². The van der Waals surface area contributed by atoms with Gasteiger partial charge >= 0.3 is 0 Å². The Balaban J connectivity index is 3.74. The molecule has 1 heteroatoms. The lowest BCUT2D eigenvalue weighted by Gasteiger charge is -2.27. The molecule has 0 amide bonds. The summed E-state index contributed by atoms with van der Waals surface area (Å²) < 4.78 is 0. The molecule has 1 nitrogen and oxygen atoms in total. The fourth-order valence-corrected chi connectivity index (χ4v) is 1.53. The lowest BCUT2D eigenvalue weighted by molar-refractivity contribution is -0.129. The van der Waals surface area contributed by atoms with Gasteiger partial charge in [0, 0.05) is 11.8 Å². The third kappa shape index (κ3) is 5.34. The maximum absolute atomic E-state index is 11.9. The van der Waals surface area contributed by atoms with E-state index in [0.29, 0.717) is 11.7 Å². The first-order valence-corrected chi connectivity index (χ1v) is 6.46. The van der Waals surface area contributed by atoms with E-state index in [1.165, 1.54) is 25.7 Å². The van der Waals surface area contributed by atoms with E-state index in [4.69, 9.17) is 0 Å². The lowest BCUT2D eigenvalue weighted by atomic mass is 9.76. The van der Waals surface area contributed by atoms with Crippen molar-refractivity contribution in [3.05, 3.63) is 0 Å². The number of carbonyl (C=O) groups is 1. The Morgan fingerprint density at radius 3 is 2.07 bits per heavy atom. The molecule has 0 aliphatic rings. The minimum Gasteiger partial charge on any atom is -0.299 e. The average molecular weight is 212 g/mol. The summed E-state index contributed by atoms with van der Waals surface area (Å²) in [5.41, 5.74) is -0.134. The zero-order chi connectivity index (χ0) is 11.9. The fourth-order valence-electron chi connectivity index (χ4n) is 1.53. The second-order valence-electron chi connectivity index (χ2n) is 5.46. The van der Waals surface area contributed by atoms with Gasteiger partial charge in [-0.05, 0) is 12.3 Å². The fraction of sp³-hybridized carbons (Fsp3) is 0.929. The van der Waals surface area contributed by atoms with Crippen molar-refractivity contribution in [2.75, 3.05) is 0 Å². The number of ketones is 1. The van der Waals surface area contributed by atoms with Crippen LogP contribution in [0.1, 0.15) is 73.1 Å². The number of hydrogen-bond acceptors (Lipinski definition) is 1. The van der Waals surface area contributed by atoms with Crippen LogP contribution in [0, 0.1) is 11.3 Å². The predicted molar refractivity (Wildman–Crippen MR) is 67.0 cm³/mol. The normalized spacial score (nSPS) is 12.1. The molecule has 0 saturated carbocycles. The van der Waals surface area contributed by atoms with Crippen molar-refractivity contribution in [1.82, 2.24) is 0 Å². The van der Waals surface area contributed by atoms with Gasteiger partial charge in [-0.1, -0.05) is 60.3 Å². The maximum Gasteiger partial charge on any atom is 0.138 e. The van der Waals surface area contributed by atoms with Gasteiger partial charge in [0.05, 0.1) is 0 Å². The van der Waals surface area contributed by atoms with Crippen LogP contribution in [0.4, 0.5) is 0 Å². The van der Waals surface area contributed by atoms with Crippen LogP contribution in [0.2, 0.25) is 0 Å². The maximum atomic E-state index is 11.9. The third-order valence-corrected chi connectivity index (χ3v) is 3.67. The molecule has 90 valence electrons. The predicted octanol–water partition coefficient (Wildman–Crippen LogP) is 4.60. The largest absolute Gasteiger partial charge is 0.299 e. The van der Waals surface area contributed by atoms with Crippen LogP contribution in [0.15, 0.2) is 0 Å². The first-order chi connectivity index (χ1) is 6.92. The molecule has 0 aromatic rings. The minimum absolute atomic E-state index is 0.134. The Morgan fingerprint density at radius 2 is 1.60 bits per heavy atom. The van der Waals surface area contributed by atoms with Crippen molar-refractivity contribution < 1.29 is 4.79 Å². The molecule has 0 fully saturated rings. The summed E-state index contributed by atoms with van der Waals surface area (Å²) in [5, 5.41) is 0. The molecular formula is C14H28O. The van der Waals surface area contributed by atoms with E-state index >= 15 is 0 Å². The highest BCUT2D eigenvalue weighted by molar-refractivity contribution is 5.84. The van der Waals surface area contributed by atoms with E-state index in [0.717, 1.165) is 12.8 Å². The Hall–Kier alpha value is -0.330. The smallest absolute Gasteiger partial charge is 0.138 e. The SMILES string of the molecule is CCCCCCCC(=O)C(C)(C)C(C)C. The molecule has 0 heterocycles. The van der Waals surface area contributed by atoms with Crippen LogP contribution in [-0.2, 0) is 4.79 Å². The van der Waals surface area contributed by atoms with Crippen molar-refractivity contribution >= 4 is 5.78 Å². The van der Waals surface area contributed by atoms with Gasteiger partial charge in [0.1, 0.15) is 5.78 Å². The van der Waals surface area contributed by atoms with Crippen molar-refractivity contribution in [1.29, 1.82) is 0 Å². The first-order valence-electron chi connectivity index (χ1n) is 6.46. The summed E-state index contributed by atoms with van der Waals surface area (Å²) in [6.45, 7) is 10.6. The van der Waals surface area contributed by atoms with E-state index < -0.39 is 0 Å². The molecule has 0 atom stereocenters. The highest BCUT2D eigenvalue weighted by atomic mass is 16.1. The Kier molecular flexibility index (Phi) is 6.87. The summed E-state index contributed by atoms with van der Waals surface area (Å²) in [7, 11) is 0. The molecule has 0 unspecified atom stereocenters. The summed E-state index contributed by atoms with van der Waals surface area (Å²) in [6, 6.07) is 0. The number of Topliss-reactive ketones (excluding diaryl/α,β-unsaturated/α-hetero) is 1. The molecule has 0 N–H and O–H groups in total.